The first-order chi connectivity index (χ1) is 7.30. The normalized spacial score (nSPS) is 41.3. The lowest BCUT2D eigenvalue weighted by Crippen LogP contribution is -2.54. The lowest BCUT2D eigenvalue weighted by atomic mass is 9.83. The standard InChI is InChI=1S/C11H16O4/c1-3-9-11(5-12-8-15-9)6-13-10(4-2)14-7-11/h3-4,9-10H,1-2,5-8H2. The molecule has 1 unspecified atom stereocenters. The molecule has 0 radical (unpaired) electrons. The van der Waals surface area contributed by atoms with Gasteiger partial charge in [0.2, 0.25) is 0 Å². The number of ether oxygens (including phenoxy) is 4. The molecule has 0 amide bonds. The Bertz CT molecular complexity index is 243. The molecular formula is C11H16O4. The Morgan fingerprint density at radius 3 is 2.33 bits per heavy atom. The molecule has 0 aromatic heterocycles. The fourth-order valence-electron chi connectivity index (χ4n) is 1.91. The van der Waals surface area contributed by atoms with Crippen LogP contribution in [0.4, 0.5) is 0 Å². The van der Waals surface area contributed by atoms with Crippen LogP contribution in [0.25, 0.3) is 0 Å². The Morgan fingerprint density at radius 1 is 1.00 bits per heavy atom. The van der Waals surface area contributed by atoms with Gasteiger partial charge in [-0.3, -0.25) is 0 Å². The highest BCUT2D eigenvalue weighted by molar-refractivity contribution is 5.00. The van der Waals surface area contributed by atoms with Gasteiger partial charge < -0.3 is 18.9 Å². The lowest BCUT2D eigenvalue weighted by Gasteiger charge is -2.45. The second-order valence-electron chi connectivity index (χ2n) is 3.88. The van der Waals surface area contributed by atoms with Gasteiger partial charge in [0.25, 0.3) is 0 Å². The minimum Gasteiger partial charge on any atom is -0.355 e. The van der Waals surface area contributed by atoms with Gasteiger partial charge in [-0.25, -0.2) is 0 Å². The molecule has 0 N–H and O–H groups in total. The van der Waals surface area contributed by atoms with E-state index in [-0.39, 0.29) is 17.8 Å². The Balaban J connectivity index is 2.05. The van der Waals surface area contributed by atoms with Gasteiger partial charge in [-0.15, -0.1) is 6.58 Å². The van der Waals surface area contributed by atoms with Crippen LogP contribution in [0.1, 0.15) is 0 Å². The molecule has 4 nitrogen and oxygen atoms in total. The largest absolute Gasteiger partial charge is 0.355 e. The van der Waals surface area contributed by atoms with Crippen molar-refractivity contribution in [1.29, 1.82) is 0 Å². The van der Waals surface area contributed by atoms with Gasteiger partial charge in [0.15, 0.2) is 6.29 Å². The molecule has 4 heteroatoms. The van der Waals surface area contributed by atoms with E-state index in [9.17, 15) is 0 Å². The molecule has 2 saturated heterocycles. The smallest absolute Gasteiger partial charge is 0.176 e. The topological polar surface area (TPSA) is 36.9 Å². The fraction of sp³-hybridized carbons (Fsp3) is 0.636. The van der Waals surface area contributed by atoms with Crippen LogP contribution in [0.3, 0.4) is 0 Å². The van der Waals surface area contributed by atoms with Crippen molar-refractivity contribution in [1.82, 2.24) is 0 Å². The van der Waals surface area contributed by atoms with E-state index in [0.717, 1.165) is 0 Å². The summed E-state index contributed by atoms with van der Waals surface area (Å²) in [6.07, 6.45) is 3.03. The molecule has 2 aliphatic heterocycles. The third-order valence-electron chi connectivity index (χ3n) is 2.80. The van der Waals surface area contributed by atoms with Crippen LogP contribution in [-0.4, -0.2) is 39.0 Å². The second-order valence-corrected chi connectivity index (χ2v) is 3.88. The van der Waals surface area contributed by atoms with E-state index in [2.05, 4.69) is 13.2 Å². The summed E-state index contributed by atoms with van der Waals surface area (Å²) in [4.78, 5) is 0. The maximum absolute atomic E-state index is 5.50. The van der Waals surface area contributed by atoms with E-state index >= 15 is 0 Å². The zero-order valence-electron chi connectivity index (χ0n) is 8.69. The maximum Gasteiger partial charge on any atom is 0.176 e. The average molecular weight is 212 g/mol. The second kappa shape index (κ2) is 4.45. The van der Waals surface area contributed by atoms with Crippen molar-refractivity contribution in [2.45, 2.75) is 12.4 Å². The van der Waals surface area contributed by atoms with E-state index < -0.39 is 0 Å². The third kappa shape index (κ3) is 1.99. The van der Waals surface area contributed by atoms with Crippen molar-refractivity contribution in [2.24, 2.45) is 5.41 Å². The van der Waals surface area contributed by atoms with Crippen molar-refractivity contribution >= 4 is 0 Å². The van der Waals surface area contributed by atoms with E-state index in [0.29, 0.717) is 26.6 Å². The fourth-order valence-corrected chi connectivity index (χ4v) is 1.91. The van der Waals surface area contributed by atoms with Crippen LogP contribution in [0.15, 0.2) is 25.3 Å². The average Bonchev–Trinajstić information content (AvgIpc) is 2.31. The Labute approximate surface area is 89.5 Å². The number of hydrogen-bond donors (Lipinski definition) is 0. The summed E-state index contributed by atoms with van der Waals surface area (Å²) in [5.74, 6) is 0. The Morgan fingerprint density at radius 2 is 1.73 bits per heavy atom. The van der Waals surface area contributed by atoms with Gasteiger partial charge in [-0.2, -0.15) is 0 Å². The first kappa shape index (κ1) is 10.8. The first-order valence-electron chi connectivity index (χ1n) is 4.98. The summed E-state index contributed by atoms with van der Waals surface area (Å²) in [6.45, 7) is 9.36. The molecule has 0 bridgehead atoms. The van der Waals surface area contributed by atoms with Gasteiger partial charge in [0.1, 0.15) is 6.79 Å². The van der Waals surface area contributed by atoms with Crippen molar-refractivity contribution < 1.29 is 18.9 Å². The number of rotatable bonds is 2. The summed E-state index contributed by atoms with van der Waals surface area (Å²) < 4.78 is 21.8. The summed E-state index contributed by atoms with van der Waals surface area (Å²) in [6, 6.07) is 0. The van der Waals surface area contributed by atoms with Gasteiger partial charge in [-0.1, -0.05) is 12.7 Å². The van der Waals surface area contributed by atoms with Crippen molar-refractivity contribution in [2.75, 3.05) is 26.6 Å². The molecule has 2 heterocycles. The van der Waals surface area contributed by atoms with Crippen molar-refractivity contribution in [3.05, 3.63) is 25.3 Å². The Kier molecular flexibility index (Phi) is 3.21. The quantitative estimate of drug-likeness (QED) is 0.642. The highest BCUT2D eigenvalue weighted by atomic mass is 16.7. The maximum atomic E-state index is 5.50. The van der Waals surface area contributed by atoms with Crippen LogP contribution in [-0.2, 0) is 18.9 Å². The Hall–Kier alpha value is -0.680. The van der Waals surface area contributed by atoms with Crippen LogP contribution in [0.2, 0.25) is 0 Å². The van der Waals surface area contributed by atoms with Gasteiger partial charge in [0, 0.05) is 0 Å². The summed E-state index contributed by atoms with van der Waals surface area (Å²) in [7, 11) is 0. The molecule has 0 aliphatic carbocycles. The summed E-state index contributed by atoms with van der Waals surface area (Å²) in [5.41, 5.74) is -0.250. The first-order valence-corrected chi connectivity index (χ1v) is 4.98. The predicted molar refractivity (Wildman–Crippen MR) is 54.2 cm³/mol. The van der Waals surface area contributed by atoms with Crippen molar-refractivity contribution in [3.8, 4) is 0 Å². The van der Waals surface area contributed by atoms with Gasteiger partial charge in [0.05, 0.1) is 31.3 Å². The highest BCUT2D eigenvalue weighted by Crippen LogP contribution is 2.34. The molecule has 0 saturated carbocycles. The minimum absolute atomic E-state index is 0.0722. The molecule has 2 aliphatic rings. The summed E-state index contributed by atoms with van der Waals surface area (Å²) in [5, 5.41) is 0. The third-order valence-corrected chi connectivity index (χ3v) is 2.80. The van der Waals surface area contributed by atoms with Gasteiger partial charge in [-0.05, 0) is 6.08 Å². The molecule has 1 atom stereocenters. The van der Waals surface area contributed by atoms with Crippen LogP contribution >= 0.6 is 0 Å². The zero-order chi connectivity index (χ0) is 10.7. The molecule has 1 spiro atoms. The van der Waals surface area contributed by atoms with E-state index in [1.165, 1.54) is 0 Å². The molecule has 0 aromatic carbocycles. The molecule has 0 aromatic rings. The minimum atomic E-state index is -0.317. The van der Waals surface area contributed by atoms with E-state index in [1.807, 2.05) is 0 Å². The lowest BCUT2D eigenvalue weighted by molar-refractivity contribution is -0.283. The van der Waals surface area contributed by atoms with E-state index in [4.69, 9.17) is 18.9 Å². The van der Waals surface area contributed by atoms with Crippen LogP contribution in [0.5, 0.6) is 0 Å². The predicted octanol–water partition coefficient (Wildman–Crippen LogP) is 1.09. The molecule has 2 fully saturated rings. The van der Waals surface area contributed by atoms with Crippen molar-refractivity contribution in [3.63, 3.8) is 0 Å². The molecule has 84 valence electrons. The zero-order valence-corrected chi connectivity index (χ0v) is 8.69. The monoisotopic (exact) mass is 212 g/mol. The van der Waals surface area contributed by atoms with Gasteiger partial charge >= 0.3 is 0 Å². The van der Waals surface area contributed by atoms with Crippen LogP contribution in [0, 0.1) is 5.41 Å². The number of hydrogen-bond acceptors (Lipinski definition) is 4. The highest BCUT2D eigenvalue weighted by Gasteiger charge is 2.45. The SMILES string of the molecule is C=CC1OCC2(COCOC2C=C)CO1. The molecule has 15 heavy (non-hydrogen) atoms. The summed E-state index contributed by atoms with van der Waals surface area (Å²) >= 11 is 0. The van der Waals surface area contributed by atoms with E-state index in [1.54, 1.807) is 12.2 Å². The molecule has 2 rings (SSSR count). The molecular weight excluding hydrogens is 196 g/mol. The van der Waals surface area contributed by atoms with Crippen LogP contribution < -0.4 is 0 Å².